The van der Waals surface area contributed by atoms with Crippen LogP contribution in [0.3, 0.4) is 0 Å². The first kappa shape index (κ1) is 17.5. The number of benzene rings is 1. The summed E-state index contributed by atoms with van der Waals surface area (Å²) in [5.74, 6) is 0.163. The van der Waals surface area contributed by atoms with Crippen molar-refractivity contribution in [3.63, 3.8) is 0 Å². The Kier molecular flexibility index (Phi) is 7.55. The topological polar surface area (TPSA) is 58.2 Å². The van der Waals surface area contributed by atoms with Gasteiger partial charge in [0, 0.05) is 10.2 Å². The van der Waals surface area contributed by atoms with Crippen molar-refractivity contribution in [3.05, 3.63) is 28.2 Å². The lowest BCUT2D eigenvalue weighted by Gasteiger charge is -2.09. The quantitative estimate of drug-likeness (QED) is 0.662. The van der Waals surface area contributed by atoms with Crippen LogP contribution >= 0.6 is 15.9 Å². The Hall–Kier alpha value is -0.590. The molecule has 0 amide bonds. The largest absolute Gasteiger partial charge is 0.317 e. The van der Waals surface area contributed by atoms with Crippen molar-refractivity contribution < 1.29 is 8.42 Å². The predicted molar refractivity (Wildman–Crippen MR) is 88.7 cm³/mol. The van der Waals surface area contributed by atoms with Gasteiger partial charge in [0.25, 0.3) is 0 Å². The van der Waals surface area contributed by atoms with E-state index in [4.69, 9.17) is 0 Å². The number of rotatable bonds is 9. The maximum atomic E-state index is 11.9. The molecule has 0 aliphatic heterocycles. The minimum Gasteiger partial charge on any atom is -0.317 e. The van der Waals surface area contributed by atoms with Gasteiger partial charge >= 0.3 is 0 Å². The van der Waals surface area contributed by atoms with Crippen LogP contribution in [0.1, 0.15) is 31.7 Å². The highest BCUT2D eigenvalue weighted by molar-refractivity contribution is 9.10. The van der Waals surface area contributed by atoms with Gasteiger partial charge in [-0.25, -0.2) is 8.42 Å². The van der Waals surface area contributed by atoms with Crippen molar-refractivity contribution in [2.24, 2.45) is 0 Å². The molecule has 0 saturated heterocycles. The van der Waals surface area contributed by atoms with Gasteiger partial charge in [0.1, 0.15) is 0 Å². The Balaban J connectivity index is 2.39. The van der Waals surface area contributed by atoms with Crippen molar-refractivity contribution in [2.75, 3.05) is 23.6 Å². The molecule has 0 fully saturated rings. The molecule has 0 atom stereocenters. The third kappa shape index (κ3) is 6.72. The van der Waals surface area contributed by atoms with Crippen molar-refractivity contribution in [2.45, 2.75) is 33.1 Å². The van der Waals surface area contributed by atoms with Gasteiger partial charge in [0.05, 0.1) is 5.75 Å². The molecule has 0 aromatic heterocycles. The SMILES string of the molecule is CCCNCCCCS(=O)(=O)Nc1ccc(Br)c(C)c1. The molecule has 6 heteroatoms. The highest BCUT2D eigenvalue weighted by Crippen LogP contribution is 2.20. The average Bonchev–Trinajstić information content (AvgIpc) is 2.38. The maximum Gasteiger partial charge on any atom is 0.232 e. The molecule has 0 saturated carbocycles. The molecular formula is C14H23BrN2O2S. The normalized spacial score (nSPS) is 11.6. The number of hydrogen-bond acceptors (Lipinski definition) is 3. The Morgan fingerprint density at radius 1 is 1.20 bits per heavy atom. The Bertz CT molecular complexity index is 518. The summed E-state index contributed by atoms with van der Waals surface area (Å²) in [6.07, 6.45) is 2.64. The summed E-state index contributed by atoms with van der Waals surface area (Å²) in [4.78, 5) is 0. The lowest BCUT2D eigenvalue weighted by Crippen LogP contribution is -2.19. The second-order valence-corrected chi connectivity index (χ2v) is 7.54. The molecule has 0 aliphatic rings. The third-order valence-corrected chi connectivity index (χ3v) is 5.14. The first-order valence-electron chi connectivity index (χ1n) is 6.92. The van der Waals surface area contributed by atoms with Crippen molar-refractivity contribution >= 4 is 31.6 Å². The summed E-state index contributed by atoms with van der Waals surface area (Å²) in [5, 5.41) is 3.26. The molecule has 0 bridgehead atoms. The van der Waals surface area contributed by atoms with E-state index in [2.05, 4.69) is 32.9 Å². The van der Waals surface area contributed by atoms with Crippen molar-refractivity contribution in [3.8, 4) is 0 Å². The molecule has 0 heterocycles. The van der Waals surface area contributed by atoms with E-state index in [1.165, 1.54) is 0 Å². The molecule has 0 aliphatic carbocycles. The maximum absolute atomic E-state index is 11.9. The summed E-state index contributed by atoms with van der Waals surface area (Å²) in [6, 6.07) is 5.43. The van der Waals surface area contributed by atoms with Crippen LogP contribution in [0, 0.1) is 6.92 Å². The molecule has 1 aromatic carbocycles. The fourth-order valence-electron chi connectivity index (χ4n) is 1.78. The van der Waals surface area contributed by atoms with E-state index in [0.29, 0.717) is 12.1 Å². The molecule has 2 N–H and O–H groups in total. The second kappa shape index (κ2) is 8.64. The molecule has 0 unspecified atom stereocenters. The number of aryl methyl sites for hydroxylation is 1. The predicted octanol–water partition coefficient (Wildman–Crippen LogP) is 3.28. The zero-order valence-electron chi connectivity index (χ0n) is 12.1. The van der Waals surface area contributed by atoms with Crippen molar-refractivity contribution in [1.82, 2.24) is 5.32 Å². The molecule has 20 heavy (non-hydrogen) atoms. The molecule has 0 spiro atoms. The van der Waals surface area contributed by atoms with Gasteiger partial charge in [-0.05, 0) is 63.0 Å². The van der Waals surface area contributed by atoms with Gasteiger partial charge in [-0.3, -0.25) is 4.72 Å². The van der Waals surface area contributed by atoms with E-state index in [1.807, 2.05) is 19.1 Å². The van der Waals surface area contributed by atoms with Crippen LogP contribution in [0.2, 0.25) is 0 Å². The summed E-state index contributed by atoms with van der Waals surface area (Å²) >= 11 is 3.40. The minimum absolute atomic E-state index is 0.163. The Morgan fingerprint density at radius 2 is 1.95 bits per heavy atom. The van der Waals surface area contributed by atoms with Gasteiger partial charge in [-0.15, -0.1) is 0 Å². The van der Waals surface area contributed by atoms with E-state index in [1.54, 1.807) is 6.07 Å². The van der Waals surface area contributed by atoms with Crippen LogP contribution in [0.5, 0.6) is 0 Å². The van der Waals surface area contributed by atoms with Gasteiger partial charge in [-0.2, -0.15) is 0 Å². The second-order valence-electron chi connectivity index (χ2n) is 4.84. The average molecular weight is 363 g/mol. The van der Waals surface area contributed by atoms with Crippen LogP contribution in [-0.2, 0) is 10.0 Å². The van der Waals surface area contributed by atoms with Crippen molar-refractivity contribution in [1.29, 1.82) is 0 Å². The summed E-state index contributed by atoms with van der Waals surface area (Å²) in [6.45, 7) is 5.91. The van der Waals surface area contributed by atoms with Crippen LogP contribution in [-0.4, -0.2) is 27.3 Å². The summed E-state index contributed by atoms with van der Waals surface area (Å²) in [7, 11) is -3.25. The number of sulfonamides is 1. The molecule has 0 radical (unpaired) electrons. The van der Waals surface area contributed by atoms with Gasteiger partial charge < -0.3 is 5.32 Å². The number of anilines is 1. The number of halogens is 1. The lowest BCUT2D eigenvalue weighted by atomic mass is 10.2. The minimum atomic E-state index is -3.25. The molecule has 114 valence electrons. The van der Waals surface area contributed by atoms with Crippen LogP contribution in [0.4, 0.5) is 5.69 Å². The third-order valence-electron chi connectivity index (χ3n) is 2.87. The molecule has 4 nitrogen and oxygen atoms in total. The standard InChI is InChI=1S/C14H23BrN2O2S/c1-3-8-16-9-4-5-10-20(18,19)17-13-6-7-14(15)12(2)11-13/h6-7,11,16-17H,3-5,8-10H2,1-2H3. The number of nitrogens with one attached hydrogen (secondary N) is 2. The fraction of sp³-hybridized carbons (Fsp3) is 0.571. The first-order valence-corrected chi connectivity index (χ1v) is 9.36. The molecule has 1 aromatic rings. The Morgan fingerprint density at radius 3 is 2.60 bits per heavy atom. The van der Waals surface area contributed by atoms with Gasteiger partial charge in [0.15, 0.2) is 0 Å². The van der Waals surface area contributed by atoms with Crippen LogP contribution in [0.25, 0.3) is 0 Å². The van der Waals surface area contributed by atoms with E-state index < -0.39 is 10.0 Å². The van der Waals surface area contributed by atoms with Crippen LogP contribution < -0.4 is 10.0 Å². The Labute approximate surface area is 130 Å². The highest BCUT2D eigenvalue weighted by atomic mass is 79.9. The number of unbranched alkanes of at least 4 members (excludes halogenated alkanes) is 1. The van der Waals surface area contributed by atoms with Crippen LogP contribution in [0.15, 0.2) is 22.7 Å². The summed E-state index contributed by atoms with van der Waals surface area (Å²) < 4.78 is 27.5. The molecular weight excluding hydrogens is 340 g/mol. The van der Waals surface area contributed by atoms with Gasteiger partial charge in [0.2, 0.25) is 10.0 Å². The van der Waals surface area contributed by atoms with E-state index in [-0.39, 0.29) is 5.75 Å². The summed E-state index contributed by atoms with van der Waals surface area (Å²) in [5.41, 5.74) is 1.63. The first-order chi connectivity index (χ1) is 9.44. The highest BCUT2D eigenvalue weighted by Gasteiger charge is 2.10. The lowest BCUT2D eigenvalue weighted by molar-refractivity contribution is 0.590. The van der Waals surface area contributed by atoms with E-state index >= 15 is 0 Å². The fourth-order valence-corrected chi connectivity index (χ4v) is 3.20. The van der Waals surface area contributed by atoms with E-state index in [0.717, 1.165) is 36.0 Å². The number of hydrogen-bond donors (Lipinski definition) is 2. The zero-order valence-corrected chi connectivity index (χ0v) is 14.5. The monoisotopic (exact) mass is 362 g/mol. The molecule has 1 rings (SSSR count). The zero-order chi connectivity index (χ0) is 15.0. The van der Waals surface area contributed by atoms with Gasteiger partial charge in [-0.1, -0.05) is 22.9 Å². The van der Waals surface area contributed by atoms with E-state index in [9.17, 15) is 8.42 Å². The smallest absolute Gasteiger partial charge is 0.232 e.